The highest BCUT2D eigenvalue weighted by Gasteiger charge is 2.37. The number of benzene rings is 1. The maximum atomic E-state index is 12.8. The molecule has 0 saturated carbocycles. The summed E-state index contributed by atoms with van der Waals surface area (Å²) < 4.78 is 5.69. The Morgan fingerprint density at radius 2 is 2.03 bits per heavy atom. The number of aliphatic hydroxyl groups excluding tert-OH is 1. The number of hydrogen-bond acceptors (Lipinski definition) is 6. The van der Waals surface area contributed by atoms with Crippen LogP contribution in [0.1, 0.15) is 44.9 Å². The van der Waals surface area contributed by atoms with Crippen molar-refractivity contribution in [1.29, 1.82) is 0 Å². The Bertz CT molecular complexity index is 796. The largest absolute Gasteiger partial charge is 0.512 e. The monoisotopic (exact) mass is 465 g/mol. The molecule has 2 aliphatic heterocycles. The Morgan fingerprint density at radius 3 is 2.74 bits per heavy atom. The van der Waals surface area contributed by atoms with E-state index in [4.69, 9.17) is 21.2 Å². The smallest absolute Gasteiger partial charge is 0.162 e. The van der Waals surface area contributed by atoms with E-state index in [-0.39, 0.29) is 11.8 Å². The summed E-state index contributed by atoms with van der Waals surface area (Å²) in [5, 5.41) is 13.2. The summed E-state index contributed by atoms with van der Waals surface area (Å²) in [5.41, 5.74) is 0.639. The summed E-state index contributed by atoms with van der Waals surface area (Å²) >= 11 is 8.08. The van der Waals surface area contributed by atoms with Gasteiger partial charge in [0.15, 0.2) is 5.78 Å². The topological polar surface area (TPSA) is 59.0 Å². The minimum Gasteiger partial charge on any atom is -0.512 e. The minimum atomic E-state index is 0.143. The van der Waals surface area contributed by atoms with Crippen LogP contribution in [-0.2, 0) is 9.63 Å². The number of para-hydroxylation sites is 1. The minimum absolute atomic E-state index is 0.143. The molecule has 1 aliphatic carbocycles. The molecule has 4 rings (SSSR count). The average molecular weight is 466 g/mol. The van der Waals surface area contributed by atoms with Crippen LogP contribution >= 0.6 is 23.4 Å². The molecular weight excluding hydrogens is 434 g/mol. The molecule has 0 aromatic heterocycles. The Labute approximate surface area is 194 Å². The van der Waals surface area contributed by atoms with Gasteiger partial charge in [0, 0.05) is 37.4 Å². The van der Waals surface area contributed by atoms with Gasteiger partial charge >= 0.3 is 0 Å². The van der Waals surface area contributed by atoms with Crippen LogP contribution in [0.25, 0.3) is 0 Å². The number of hydroxylamine groups is 2. The lowest BCUT2D eigenvalue weighted by molar-refractivity contribution is -0.232. The number of carbonyl (C=O) groups is 1. The maximum Gasteiger partial charge on any atom is 0.162 e. The van der Waals surface area contributed by atoms with Crippen molar-refractivity contribution in [2.45, 2.75) is 51.0 Å². The zero-order chi connectivity index (χ0) is 21.6. The summed E-state index contributed by atoms with van der Waals surface area (Å²) in [5.74, 6) is 4.41. The van der Waals surface area contributed by atoms with Gasteiger partial charge in [-0.3, -0.25) is 9.63 Å². The van der Waals surface area contributed by atoms with Crippen molar-refractivity contribution in [2.24, 2.45) is 11.8 Å². The number of hydrogen-bond donors (Lipinski definition) is 1. The van der Waals surface area contributed by atoms with Crippen LogP contribution in [0.5, 0.6) is 5.75 Å². The van der Waals surface area contributed by atoms with Gasteiger partial charge < -0.3 is 9.84 Å². The first-order valence-corrected chi connectivity index (χ1v) is 12.9. The van der Waals surface area contributed by atoms with E-state index in [9.17, 15) is 9.90 Å². The van der Waals surface area contributed by atoms with Crippen molar-refractivity contribution in [3.63, 3.8) is 0 Å². The fourth-order valence-corrected chi connectivity index (χ4v) is 6.15. The molecule has 0 radical (unpaired) electrons. The third kappa shape index (κ3) is 5.98. The second-order valence-corrected chi connectivity index (χ2v) is 10.3. The Morgan fingerprint density at radius 1 is 1.16 bits per heavy atom. The third-order valence-corrected chi connectivity index (χ3v) is 8.17. The Hall–Kier alpha value is -1.21. The van der Waals surface area contributed by atoms with E-state index in [1.807, 2.05) is 41.1 Å². The summed E-state index contributed by atoms with van der Waals surface area (Å²) in [7, 11) is 0. The van der Waals surface area contributed by atoms with Gasteiger partial charge in [-0.1, -0.05) is 23.7 Å². The number of rotatable bonds is 9. The SMILES string of the molecule is O=C1CC(C2CCCSC2)CC(O)=C1CC1CCN1OCCCOc1ccccc1Cl. The van der Waals surface area contributed by atoms with Crippen LogP contribution in [0.4, 0.5) is 0 Å². The van der Waals surface area contributed by atoms with Gasteiger partial charge in [0.05, 0.1) is 24.0 Å². The first kappa shape index (κ1) is 23.0. The second-order valence-electron chi connectivity index (χ2n) is 8.75. The molecule has 3 unspecified atom stereocenters. The highest BCUT2D eigenvalue weighted by Crippen LogP contribution is 2.39. The van der Waals surface area contributed by atoms with Crippen LogP contribution in [0.3, 0.4) is 0 Å². The van der Waals surface area contributed by atoms with Crippen LogP contribution in [0, 0.1) is 11.8 Å². The van der Waals surface area contributed by atoms with E-state index in [2.05, 4.69) is 0 Å². The van der Waals surface area contributed by atoms with Gasteiger partial charge in [0.2, 0.25) is 0 Å². The van der Waals surface area contributed by atoms with E-state index in [0.29, 0.717) is 66.4 Å². The van der Waals surface area contributed by atoms with E-state index < -0.39 is 0 Å². The van der Waals surface area contributed by atoms with Crippen LogP contribution in [-0.4, -0.2) is 53.3 Å². The first-order valence-electron chi connectivity index (χ1n) is 11.4. The van der Waals surface area contributed by atoms with Crippen molar-refractivity contribution < 1.29 is 19.5 Å². The lowest BCUT2D eigenvalue weighted by Gasteiger charge is -2.41. The van der Waals surface area contributed by atoms with E-state index in [0.717, 1.165) is 25.1 Å². The molecule has 2 fully saturated rings. The van der Waals surface area contributed by atoms with Gasteiger partial charge in [0.25, 0.3) is 0 Å². The molecule has 2 heterocycles. The number of nitrogens with zero attached hydrogens (tertiary/aromatic N) is 1. The summed E-state index contributed by atoms with van der Waals surface area (Å²) in [6, 6.07) is 7.61. The van der Waals surface area contributed by atoms with E-state index in [1.165, 1.54) is 18.6 Å². The van der Waals surface area contributed by atoms with Crippen LogP contribution < -0.4 is 4.74 Å². The third-order valence-electron chi connectivity index (χ3n) is 6.62. The number of carbonyl (C=O) groups excluding carboxylic acids is 1. The van der Waals surface area contributed by atoms with E-state index >= 15 is 0 Å². The molecule has 31 heavy (non-hydrogen) atoms. The molecule has 0 bridgehead atoms. The average Bonchev–Trinajstić information content (AvgIpc) is 2.76. The lowest BCUT2D eigenvalue weighted by atomic mass is 9.76. The zero-order valence-corrected chi connectivity index (χ0v) is 19.5. The lowest BCUT2D eigenvalue weighted by Crippen LogP contribution is -2.48. The molecule has 7 heteroatoms. The number of ketones is 1. The predicted molar refractivity (Wildman–Crippen MR) is 125 cm³/mol. The molecule has 3 aliphatic rings. The summed E-state index contributed by atoms with van der Waals surface area (Å²) in [6.45, 7) is 1.95. The zero-order valence-electron chi connectivity index (χ0n) is 17.9. The van der Waals surface area contributed by atoms with Gasteiger partial charge in [-0.25, -0.2) is 0 Å². The molecule has 1 aromatic carbocycles. The molecule has 3 atom stereocenters. The van der Waals surface area contributed by atoms with Gasteiger partial charge in [0.1, 0.15) is 5.75 Å². The molecule has 2 saturated heterocycles. The van der Waals surface area contributed by atoms with E-state index in [1.54, 1.807) is 0 Å². The number of halogens is 1. The number of Topliss-reactive ketones (excluding diaryl/α,β-unsaturated/α-hetero) is 1. The molecule has 1 N–H and O–H groups in total. The highest BCUT2D eigenvalue weighted by atomic mass is 35.5. The van der Waals surface area contributed by atoms with Crippen LogP contribution in [0.2, 0.25) is 5.02 Å². The molecule has 0 amide bonds. The number of allylic oxidation sites excluding steroid dienone is 1. The van der Waals surface area contributed by atoms with Crippen molar-refractivity contribution in [3.05, 3.63) is 40.6 Å². The highest BCUT2D eigenvalue weighted by molar-refractivity contribution is 7.99. The van der Waals surface area contributed by atoms with Gasteiger partial charge in [-0.2, -0.15) is 16.8 Å². The fraction of sp³-hybridized carbons (Fsp3) is 0.625. The maximum absolute atomic E-state index is 12.8. The van der Waals surface area contributed by atoms with Crippen molar-refractivity contribution in [3.8, 4) is 5.75 Å². The Balaban J connectivity index is 1.19. The number of aliphatic hydroxyl groups is 1. The quantitative estimate of drug-likeness (QED) is 0.490. The standard InChI is InChI=1S/C24H32ClNO4S/c25-21-6-1-2-7-24(21)29-10-4-11-30-26-9-8-19(26)15-20-22(27)13-18(14-23(20)28)17-5-3-12-31-16-17/h1-2,6-7,17-19,27H,3-5,8-16H2. The summed E-state index contributed by atoms with van der Waals surface area (Å²) in [6.07, 6.45) is 6.02. The summed E-state index contributed by atoms with van der Waals surface area (Å²) in [4.78, 5) is 18.7. The predicted octanol–water partition coefficient (Wildman–Crippen LogP) is 5.44. The second kappa shape index (κ2) is 11.1. The van der Waals surface area contributed by atoms with Crippen LogP contribution in [0.15, 0.2) is 35.6 Å². The number of ether oxygens (including phenoxy) is 1. The molecular formula is C24H32ClNO4S. The molecule has 1 aromatic rings. The molecule has 170 valence electrons. The van der Waals surface area contributed by atoms with Gasteiger partial charge in [-0.15, -0.1) is 0 Å². The molecule has 5 nitrogen and oxygen atoms in total. The molecule has 0 spiro atoms. The van der Waals surface area contributed by atoms with Crippen molar-refractivity contribution in [1.82, 2.24) is 5.06 Å². The normalized spacial score (nSPS) is 27.3. The fourth-order valence-electron chi connectivity index (χ4n) is 4.68. The first-order chi connectivity index (χ1) is 15.1. The number of thioether (sulfide) groups is 1. The Kier molecular flexibility index (Phi) is 8.21. The van der Waals surface area contributed by atoms with Crippen molar-refractivity contribution >= 4 is 29.1 Å². The van der Waals surface area contributed by atoms with Crippen molar-refractivity contribution in [2.75, 3.05) is 31.3 Å². The van der Waals surface area contributed by atoms with Gasteiger partial charge in [-0.05, 0) is 61.2 Å².